The third-order valence-electron chi connectivity index (χ3n) is 4.54. The van der Waals surface area contributed by atoms with Crippen LogP contribution in [0.4, 0.5) is 5.69 Å². The van der Waals surface area contributed by atoms with Crippen LogP contribution < -0.4 is 5.73 Å². The molecule has 24 heavy (non-hydrogen) atoms. The minimum atomic E-state index is 0. The third kappa shape index (κ3) is 3.85. The van der Waals surface area contributed by atoms with Crippen molar-refractivity contribution in [3.8, 4) is 0 Å². The zero-order chi connectivity index (χ0) is 16.4. The van der Waals surface area contributed by atoms with Crippen LogP contribution in [0.25, 0.3) is 0 Å². The van der Waals surface area contributed by atoms with Gasteiger partial charge in [-0.3, -0.25) is 4.79 Å². The molecule has 3 nitrogen and oxygen atoms in total. The second kappa shape index (κ2) is 7.91. The highest BCUT2D eigenvalue weighted by molar-refractivity contribution is 6.31. The molecule has 128 valence electrons. The number of nitrogens with two attached hydrogens (primary N) is 1. The molecule has 1 amide bonds. The van der Waals surface area contributed by atoms with Crippen molar-refractivity contribution in [1.29, 1.82) is 0 Å². The van der Waals surface area contributed by atoms with Gasteiger partial charge in [-0.2, -0.15) is 0 Å². The maximum atomic E-state index is 12.9. The fourth-order valence-corrected chi connectivity index (χ4v) is 3.47. The quantitative estimate of drug-likeness (QED) is 0.814. The summed E-state index contributed by atoms with van der Waals surface area (Å²) >= 11 is 6.27. The molecule has 0 aromatic heterocycles. The minimum Gasteiger partial charge on any atom is -0.399 e. The lowest BCUT2D eigenvalue weighted by Gasteiger charge is -2.26. The van der Waals surface area contributed by atoms with Gasteiger partial charge in [-0.05, 0) is 55.5 Å². The number of hydrogen-bond acceptors (Lipinski definition) is 2. The van der Waals surface area contributed by atoms with E-state index in [1.54, 1.807) is 6.07 Å². The van der Waals surface area contributed by atoms with E-state index in [0.717, 1.165) is 42.0 Å². The van der Waals surface area contributed by atoms with E-state index in [4.69, 9.17) is 17.3 Å². The molecule has 1 unspecified atom stereocenters. The Kier molecular flexibility index (Phi) is 6.14. The number of rotatable bonds is 3. The monoisotopic (exact) mass is 364 g/mol. The van der Waals surface area contributed by atoms with E-state index >= 15 is 0 Å². The molecule has 1 atom stereocenters. The zero-order valence-electron chi connectivity index (χ0n) is 13.7. The summed E-state index contributed by atoms with van der Waals surface area (Å²) < 4.78 is 0. The zero-order valence-corrected chi connectivity index (χ0v) is 15.2. The predicted octanol–water partition coefficient (Wildman–Crippen LogP) is 4.50. The van der Waals surface area contributed by atoms with Crippen LogP contribution in [0.1, 0.15) is 34.3 Å². The Morgan fingerprint density at radius 3 is 2.79 bits per heavy atom. The van der Waals surface area contributed by atoms with Crippen molar-refractivity contribution in [3.05, 3.63) is 64.2 Å². The Hall–Kier alpha value is -1.71. The number of carbonyl (C=O) groups excluding carboxylic acids is 1. The van der Waals surface area contributed by atoms with Crippen LogP contribution in [-0.4, -0.2) is 23.4 Å². The first-order chi connectivity index (χ1) is 11.1. The van der Waals surface area contributed by atoms with Crippen molar-refractivity contribution in [1.82, 2.24) is 4.90 Å². The molecule has 1 fully saturated rings. The van der Waals surface area contributed by atoms with Gasteiger partial charge in [0.1, 0.15) is 0 Å². The van der Waals surface area contributed by atoms with Crippen LogP contribution in [0.5, 0.6) is 0 Å². The molecule has 5 heteroatoms. The average Bonchev–Trinajstić information content (AvgIpc) is 2.99. The molecular weight excluding hydrogens is 343 g/mol. The fourth-order valence-electron chi connectivity index (χ4n) is 3.26. The van der Waals surface area contributed by atoms with Gasteiger partial charge in [-0.25, -0.2) is 0 Å². The van der Waals surface area contributed by atoms with Crippen LogP contribution in [-0.2, 0) is 6.42 Å². The molecule has 1 saturated heterocycles. The summed E-state index contributed by atoms with van der Waals surface area (Å²) in [6, 6.07) is 13.6. The molecule has 0 spiro atoms. The van der Waals surface area contributed by atoms with E-state index in [1.807, 2.05) is 48.2 Å². The molecular formula is C19H22Cl2N2O. The number of hydrogen-bond donors (Lipinski definition) is 1. The third-order valence-corrected chi connectivity index (χ3v) is 4.91. The van der Waals surface area contributed by atoms with Gasteiger partial charge < -0.3 is 10.6 Å². The number of anilines is 1. The van der Waals surface area contributed by atoms with Crippen LogP contribution >= 0.6 is 24.0 Å². The summed E-state index contributed by atoms with van der Waals surface area (Å²) in [6.45, 7) is 2.74. The largest absolute Gasteiger partial charge is 0.399 e. The SMILES string of the molecule is Cc1ccc(N)cc1C(=O)N1CCCC1Cc1ccccc1Cl.Cl. The number of nitrogens with zero attached hydrogens (tertiary/aromatic N) is 1. The normalized spacial score (nSPS) is 16.8. The first-order valence-electron chi connectivity index (χ1n) is 7.97. The number of nitrogen functional groups attached to an aromatic ring is 1. The summed E-state index contributed by atoms with van der Waals surface area (Å²) in [5.41, 5.74) is 9.25. The Labute approximate surface area is 154 Å². The van der Waals surface area contributed by atoms with Crippen molar-refractivity contribution in [3.63, 3.8) is 0 Å². The van der Waals surface area contributed by atoms with Crippen LogP contribution in [0, 0.1) is 6.92 Å². The molecule has 1 heterocycles. The Balaban J connectivity index is 0.00000208. The summed E-state index contributed by atoms with van der Waals surface area (Å²) in [7, 11) is 0. The molecule has 2 N–H and O–H groups in total. The van der Waals surface area contributed by atoms with Gasteiger partial charge in [-0.15, -0.1) is 12.4 Å². The van der Waals surface area contributed by atoms with Gasteiger partial charge in [0.15, 0.2) is 0 Å². The number of aryl methyl sites for hydroxylation is 1. The second-order valence-corrected chi connectivity index (χ2v) is 6.57. The molecule has 1 aliphatic rings. The van der Waals surface area contributed by atoms with Gasteiger partial charge >= 0.3 is 0 Å². The number of carbonyl (C=O) groups is 1. The molecule has 2 aromatic rings. The lowest BCUT2D eigenvalue weighted by atomic mass is 10.0. The Morgan fingerprint density at radius 1 is 1.29 bits per heavy atom. The summed E-state index contributed by atoms with van der Waals surface area (Å²) in [6.07, 6.45) is 2.84. The predicted molar refractivity (Wildman–Crippen MR) is 102 cm³/mol. The highest BCUT2D eigenvalue weighted by atomic mass is 35.5. The molecule has 0 saturated carbocycles. The molecule has 0 aliphatic carbocycles. The summed E-state index contributed by atoms with van der Waals surface area (Å²) in [5.74, 6) is 0.0735. The van der Waals surface area contributed by atoms with Gasteiger partial charge in [0, 0.05) is 28.9 Å². The van der Waals surface area contributed by atoms with Crippen molar-refractivity contribution in [2.45, 2.75) is 32.2 Å². The molecule has 2 aromatic carbocycles. The average molecular weight is 365 g/mol. The van der Waals surface area contributed by atoms with E-state index in [1.165, 1.54) is 0 Å². The van der Waals surface area contributed by atoms with E-state index in [2.05, 4.69) is 0 Å². The second-order valence-electron chi connectivity index (χ2n) is 6.16. The smallest absolute Gasteiger partial charge is 0.254 e. The molecule has 3 rings (SSSR count). The van der Waals surface area contributed by atoms with Gasteiger partial charge in [0.2, 0.25) is 0 Å². The maximum absolute atomic E-state index is 12.9. The number of amides is 1. The van der Waals surface area contributed by atoms with Crippen molar-refractivity contribution < 1.29 is 4.79 Å². The van der Waals surface area contributed by atoms with E-state index in [0.29, 0.717) is 11.3 Å². The molecule has 0 bridgehead atoms. The van der Waals surface area contributed by atoms with Crippen LogP contribution in [0.15, 0.2) is 42.5 Å². The van der Waals surface area contributed by atoms with E-state index < -0.39 is 0 Å². The highest BCUT2D eigenvalue weighted by Gasteiger charge is 2.30. The van der Waals surface area contributed by atoms with Gasteiger partial charge in [0.05, 0.1) is 0 Å². The highest BCUT2D eigenvalue weighted by Crippen LogP contribution is 2.27. The minimum absolute atomic E-state index is 0. The summed E-state index contributed by atoms with van der Waals surface area (Å²) in [5, 5.41) is 0.770. The standard InChI is InChI=1S/C19H21ClN2O.ClH/c1-13-8-9-15(21)12-17(13)19(23)22-10-4-6-16(22)11-14-5-2-3-7-18(14)20;/h2-3,5,7-9,12,16H,4,6,10-11,21H2,1H3;1H. The summed E-state index contributed by atoms with van der Waals surface area (Å²) in [4.78, 5) is 14.9. The van der Waals surface area contributed by atoms with Crippen LogP contribution in [0.2, 0.25) is 5.02 Å². The fraction of sp³-hybridized carbons (Fsp3) is 0.316. The first-order valence-corrected chi connectivity index (χ1v) is 8.34. The number of benzene rings is 2. The van der Waals surface area contributed by atoms with Crippen molar-refractivity contribution >= 4 is 35.6 Å². The van der Waals surface area contributed by atoms with Gasteiger partial charge in [-0.1, -0.05) is 35.9 Å². The lowest BCUT2D eigenvalue weighted by molar-refractivity contribution is 0.0736. The van der Waals surface area contributed by atoms with Crippen molar-refractivity contribution in [2.24, 2.45) is 0 Å². The maximum Gasteiger partial charge on any atom is 0.254 e. The molecule has 1 aliphatic heterocycles. The number of likely N-dealkylation sites (tertiary alicyclic amines) is 1. The Morgan fingerprint density at radius 2 is 2.04 bits per heavy atom. The van der Waals surface area contributed by atoms with Crippen molar-refractivity contribution in [2.75, 3.05) is 12.3 Å². The Bertz CT molecular complexity index is 733. The van der Waals surface area contributed by atoms with Gasteiger partial charge in [0.25, 0.3) is 5.91 Å². The van der Waals surface area contributed by atoms with E-state index in [-0.39, 0.29) is 24.4 Å². The van der Waals surface area contributed by atoms with E-state index in [9.17, 15) is 4.79 Å². The topological polar surface area (TPSA) is 46.3 Å². The molecule has 0 radical (unpaired) electrons. The van der Waals surface area contributed by atoms with Crippen LogP contribution in [0.3, 0.4) is 0 Å². The number of halogens is 2. The lowest BCUT2D eigenvalue weighted by Crippen LogP contribution is -2.37. The first kappa shape index (κ1) is 18.6.